The highest BCUT2D eigenvalue weighted by Gasteiger charge is 2.25. The van der Waals surface area contributed by atoms with E-state index in [-0.39, 0.29) is 5.91 Å². The zero-order valence-electron chi connectivity index (χ0n) is 8.81. The molecule has 1 aliphatic carbocycles. The van der Waals surface area contributed by atoms with Crippen LogP contribution in [0.3, 0.4) is 0 Å². The van der Waals surface area contributed by atoms with E-state index in [9.17, 15) is 4.79 Å². The van der Waals surface area contributed by atoms with Crippen LogP contribution in [0.5, 0.6) is 0 Å². The van der Waals surface area contributed by atoms with Gasteiger partial charge in [0.15, 0.2) is 0 Å². The Kier molecular flexibility index (Phi) is 4.26. The Labute approximate surface area is 81.1 Å². The van der Waals surface area contributed by atoms with Crippen LogP contribution in [0, 0.1) is 11.8 Å². The van der Waals surface area contributed by atoms with Crippen LogP contribution >= 0.6 is 0 Å². The van der Waals surface area contributed by atoms with Gasteiger partial charge in [0.05, 0.1) is 0 Å². The predicted molar refractivity (Wildman–Crippen MR) is 54.4 cm³/mol. The quantitative estimate of drug-likeness (QED) is 0.715. The van der Waals surface area contributed by atoms with Gasteiger partial charge in [0.2, 0.25) is 5.91 Å². The molecule has 0 saturated heterocycles. The molecule has 1 aliphatic rings. The molecule has 1 fully saturated rings. The van der Waals surface area contributed by atoms with E-state index in [4.69, 9.17) is 0 Å². The number of rotatable bonds is 3. The lowest BCUT2D eigenvalue weighted by atomic mass is 9.80. The van der Waals surface area contributed by atoms with E-state index in [1.165, 1.54) is 19.3 Å². The van der Waals surface area contributed by atoms with Crippen molar-refractivity contribution in [2.24, 2.45) is 11.8 Å². The highest BCUT2D eigenvalue weighted by Crippen LogP contribution is 2.30. The summed E-state index contributed by atoms with van der Waals surface area (Å²) in [5, 5.41) is 2.92. The largest absolute Gasteiger partial charge is 0.356 e. The molecule has 1 rings (SSSR count). The minimum absolute atomic E-state index is 0.278. The Bertz CT molecular complexity index is 167. The summed E-state index contributed by atoms with van der Waals surface area (Å²) in [6.45, 7) is 4.98. The molecule has 13 heavy (non-hydrogen) atoms. The molecular formula is C11H21NO. The number of carbonyl (C=O) groups is 1. The van der Waals surface area contributed by atoms with E-state index in [0.717, 1.165) is 25.3 Å². The Morgan fingerprint density at radius 3 is 2.77 bits per heavy atom. The molecule has 2 unspecified atom stereocenters. The minimum atomic E-state index is 0.278. The van der Waals surface area contributed by atoms with Crippen LogP contribution in [0.25, 0.3) is 0 Å². The van der Waals surface area contributed by atoms with Crippen LogP contribution in [0.4, 0.5) is 0 Å². The number of nitrogens with one attached hydrogen (secondary N) is 1. The number of hydrogen-bond acceptors (Lipinski definition) is 1. The molecular weight excluding hydrogens is 162 g/mol. The summed E-state index contributed by atoms with van der Waals surface area (Å²) in [6, 6.07) is 0. The van der Waals surface area contributed by atoms with Crippen molar-refractivity contribution < 1.29 is 4.79 Å². The van der Waals surface area contributed by atoms with Crippen LogP contribution in [-0.2, 0) is 4.79 Å². The molecule has 0 heterocycles. The number of hydrogen-bond donors (Lipinski definition) is 1. The Hall–Kier alpha value is -0.530. The van der Waals surface area contributed by atoms with Crippen LogP contribution < -0.4 is 5.32 Å². The van der Waals surface area contributed by atoms with Crippen molar-refractivity contribution in [2.75, 3.05) is 6.54 Å². The molecule has 1 N–H and O–H groups in total. The van der Waals surface area contributed by atoms with Gasteiger partial charge in [-0.25, -0.2) is 0 Å². The molecule has 76 valence electrons. The van der Waals surface area contributed by atoms with Gasteiger partial charge in [0.1, 0.15) is 0 Å². The smallest absolute Gasteiger partial charge is 0.223 e. The molecule has 0 spiro atoms. The second-order valence-electron chi connectivity index (χ2n) is 4.03. The first-order valence-electron chi connectivity index (χ1n) is 5.55. The molecule has 1 saturated carbocycles. The van der Waals surface area contributed by atoms with E-state index in [2.05, 4.69) is 12.2 Å². The molecule has 2 heteroatoms. The summed E-state index contributed by atoms with van der Waals surface area (Å²) in [6.07, 6.45) is 6.01. The number of carbonyl (C=O) groups excluding carboxylic acids is 1. The lowest BCUT2D eigenvalue weighted by molar-refractivity contribution is -0.126. The van der Waals surface area contributed by atoms with Gasteiger partial charge < -0.3 is 5.32 Å². The predicted octanol–water partition coefficient (Wildman–Crippen LogP) is 2.34. The van der Waals surface area contributed by atoms with Gasteiger partial charge in [-0.1, -0.05) is 26.2 Å². The fourth-order valence-corrected chi connectivity index (χ4v) is 2.22. The lowest BCUT2D eigenvalue weighted by Crippen LogP contribution is -2.33. The van der Waals surface area contributed by atoms with E-state index in [0.29, 0.717) is 5.92 Å². The first kappa shape index (κ1) is 10.6. The fourth-order valence-electron chi connectivity index (χ4n) is 2.22. The van der Waals surface area contributed by atoms with E-state index in [1.54, 1.807) is 0 Å². The van der Waals surface area contributed by atoms with Crippen molar-refractivity contribution in [1.29, 1.82) is 0 Å². The second kappa shape index (κ2) is 5.25. The van der Waals surface area contributed by atoms with Crippen LogP contribution in [0.15, 0.2) is 0 Å². The van der Waals surface area contributed by atoms with Crippen molar-refractivity contribution in [2.45, 2.75) is 46.0 Å². The van der Waals surface area contributed by atoms with Crippen LogP contribution in [0.2, 0.25) is 0 Å². The summed E-state index contributed by atoms with van der Waals surface area (Å²) in [7, 11) is 0. The topological polar surface area (TPSA) is 29.1 Å². The Morgan fingerprint density at radius 2 is 2.15 bits per heavy atom. The minimum Gasteiger partial charge on any atom is -0.356 e. The maximum Gasteiger partial charge on any atom is 0.223 e. The summed E-state index contributed by atoms with van der Waals surface area (Å²) < 4.78 is 0. The summed E-state index contributed by atoms with van der Waals surface area (Å²) in [4.78, 5) is 11.5. The molecule has 2 nitrogen and oxygen atoms in total. The third kappa shape index (κ3) is 3.02. The fraction of sp³-hybridized carbons (Fsp3) is 0.909. The summed E-state index contributed by atoms with van der Waals surface area (Å²) >= 11 is 0. The van der Waals surface area contributed by atoms with Crippen molar-refractivity contribution in [3.05, 3.63) is 0 Å². The van der Waals surface area contributed by atoms with Crippen molar-refractivity contribution in [3.63, 3.8) is 0 Å². The van der Waals surface area contributed by atoms with Crippen LogP contribution in [-0.4, -0.2) is 12.5 Å². The molecule has 0 aromatic rings. The zero-order valence-corrected chi connectivity index (χ0v) is 8.81. The maximum absolute atomic E-state index is 11.5. The molecule has 1 amide bonds. The van der Waals surface area contributed by atoms with Gasteiger partial charge in [0.25, 0.3) is 0 Å². The standard InChI is InChI=1S/C11H21NO/c1-3-9-6-5-7-10(8-9)11(13)12-4-2/h9-10H,3-8H2,1-2H3,(H,12,13). The average Bonchev–Trinajstić information content (AvgIpc) is 2.18. The second-order valence-corrected chi connectivity index (χ2v) is 4.03. The van der Waals surface area contributed by atoms with Crippen molar-refractivity contribution in [1.82, 2.24) is 5.32 Å². The van der Waals surface area contributed by atoms with E-state index < -0.39 is 0 Å². The molecule has 0 radical (unpaired) electrons. The Morgan fingerprint density at radius 1 is 1.38 bits per heavy atom. The highest BCUT2D eigenvalue weighted by atomic mass is 16.1. The monoisotopic (exact) mass is 183 g/mol. The van der Waals surface area contributed by atoms with Crippen molar-refractivity contribution in [3.8, 4) is 0 Å². The lowest BCUT2D eigenvalue weighted by Gasteiger charge is -2.27. The third-order valence-corrected chi connectivity index (χ3v) is 3.08. The average molecular weight is 183 g/mol. The Balaban J connectivity index is 2.37. The number of amides is 1. The van der Waals surface area contributed by atoms with Gasteiger partial charge >= 0.3 is 0 Å². The van der Waals surface area contributed by atoms with Gasteiger partial charge in [-0.15, -0.1) is 0 Å². The molecule has 0 aromatic carbocycles. The molecule has 0 bridgehead atoms. The summed E-state index contributed by atoms with van der Waals surface area (Å²) in [5.74, 6) is 1.38. The van der Waals surface area contributed by atoms with Gasteiger partial charge in [-0.2, -0.15) is 0 Å². The van der Waals surface area contributed by atoms with Crippen molar-refractivity contribution >= 4 is 5.91 Å². The SMILES string of the molecule is CCNC(=O)C1CCCC(CC)C1. The van der Waals surface area contributed by atoms with E-state index >= 15 is 0 Å². The van der Waals surface area contributed by atoms with Gasteiger partial charge in [-0.05, 0) is 25.7 Å². The van der Waals surface area contributed by atoms with Crippen LogP contribution in [0.1, 0.15) is 46.0 Å². The maximum atomic E-state index is 11.5. The molecule has 2 atom stereocenters. The zero-order chi connectivity index (χ0) is 9.68. The van der Waals surface area contributed by atoms with Gasteiger partial charge in [0, 0.05) is 12.5 Å². The first-order valence-corrected chi connectivity index (χ1v) is 5.55. The highest BCUT2D eigenvalue weighted by molar-refractivity contribution is 5.78. The normalized spacial score (nSPS) is 28.5. The first-order chi connectivity index (χ1) is 6.27. The van der Waals surface area contributed by atoms with Gasteiger partial charge in [-0.3, -0.25) is 4.79 Å². The van der Waals surface area contributed by atoms with E-state index in [1.807, 2.05) is 6.92 Å². The molecule has 0 aliphatic heterocycles. The summed E-state index contributed by atoms with van der Waals surface area (Å²) in [5.41, 5.74) is 0. The third-order valence-electron chi connectivity index (χ3n) is 3.08. The molecule has 0 aromatic heterocycles.